The van der Waals surface area contributed by atoms with Crippen molar-refractivity contribution in [3.63, 3.8) is 0 Å². The summed E-state index contributed by atoms with van der Waals surface area (Å²) in [6.07, 6.45) is 3.85. The Morgan fingerprint density at radius 2 is 2.00 bits per heavy atom. The van der Waals surface area contributed by atoms with Crippen LogP contribution in [0.25, 0.3) is 0 Å². The van der Waals surface area contributed by atoms with Crippen molar-refractivity contribution in [2.24, 2.45) is 11.8 Å². The number of aryl methyl sites for hydroxylation is 2. The summed E-state index contributed by atoms with van der Waals surface area (Å²) < 4.78 is 5.96. The first-order valence-electron chi connectivity index (χ1n) is 10.3. The largest absolute Gasteiger partial charge is 0.477 e. The van der Waals surface area contributed by atoms with Crippen LogP contribution < -0.4 is 0 Å². The van der Waals surface area contributed by atoms with E-state index in [1.807, 2.05) is 6.07 Å². The molecule has 0 saturated heterocycles. The summed E-state index contributed by atoms with van der Waals surface area (Å²) in [5.74, 6) is -0.611. The molecule has 30 heavy (non-hydrogen) atoms. The molecule has 0 spiro atoms. The van der Waals surface area contributed by atoms with E-state index in [0.29, 0.717) is 24.5 Å². The zero-order valence-electron chi connectivity index (χ0n) is 16.7. The number of rotatable bonds is 10. The maximum Gasteiger partial charge on any atom is 0.345 e. The second-order valence-corrected chi connectivity index (χ2v) is 9.53. The van der Waals surface area contributed by atoms with Gasteiger partial charge in [0.15, 0.2) is 0 Å². The predicted octanol–water partition coefficient (Wildman–Crippen LogP) is 5.79. The Morgan fingerprint density at radius 3 is 2.70 bits per heavy atom. The molecule has 2 N–H and O–H groups in total. The van der Waals surface area contributed by atoms with E-state index in [4.69, 9.17) is 21.4 Å². The molecule has 4 nitrogen and oxygen atoms in total. The number of hydrogen-bond donors (Lipinski definition) is 2. The van der Waals surface area contributed by atoms with Gasteiger partial charge < -0.3 is 14.9 Å². The lowest BCUT2D eigenvalue weighted by atomic mass is 9.90. The molecule has 1 aromatic heterocycles. The van der Waals surface area contributed by atoms with Crippen LogP contribution in [0.1, 0.15) is 59.3 Å². The number of hydrogen-bond acceptors (Lipinski definition) is 4. The van der Waals surface area contributed by atoms with Crippen molar-refractivity contribution < 1.29 is 19.7 Å². The highest BCUT2D eigenvalue weighted by Gasteiger charge is 2.41. The van der Waals surface area contributed by atoms with Gasteiger partial charge in [0.25, 0.3) is 0 Å². The molecule has 1 aliphatic rings. The van der Waals surface area contributed by atoms with Crippen LogP contribution in [-0.2, 0) is 24.2 Å². The van der Waals surface area contributed by atoms with Crippen molar-refractivity contribution in [2.45, 2.75) is 64.5 Å². The fraction of sp³-hybridized carbons (Fsp3) is 0.542. The van der Waals surface area contributed by atoms with E-state index in [1.165, 1.54) is 16.9 Å². The average Bonchev–Trinajstić information content (AvgIpc) is 3.28. The van der Waals surface area contributed by atoms with Crippen LogP contribution >= 0.6 is 22.9 Å². The molecule has 0 unspecified atom stereocenters. The standard InChI is InChI=1S/C23H29ClO4S.CH4/c1-2-15-5-3-6-16(11-15)13-28-14-19-18(20(24)12-21(19)25)8-4-7-17-9-10-22(29-17)23(26)27;/h3,5-6,9-11,18-21,25H,2,4,7-8,12-14H2,1H3,(H,26,27);1H4/t18-,19-,20-,21-;/m1./s1. The van der Waals surface area contributed by atoms with Gasteiger partial charge >= 0.3 is 5.97 Å². The quantitative estimate of drug-likeness (QED) is 0.448. The third kappa shape index (κ3) is 6.55. The second kappa shape index (κ2) is 11.8. The van der Waals surface area contributed by atoms with E-state index in [1.54, 1.807) is 6.07 Å². The molecule has 166 valence electrons. The summed E-state index contributed by atoms with van der Waals surface area (Å²) in [6, 6.07) is 12.0. The molecule has 1 saturated carbocycles. The van der Waals surface area contributed by atoms with Crippen LogP contribution in [0.2, 0.25) is 0 Å². The number of alkyl halides is 1. The van der Waals surface area contributed by atoms with Crippen LogP contribution in [0, 0.1) is 11.8 Å². The molecule has 0 radical (unpaired) electrons. The maximum atomic E-state index is 11.0. The Bertz CT molecular complexity index is 806. The summed E-state index contributed by atoms with van der Waals surface area (Å²) in [5.41, 5.74) is 2.45. The molecule has 3 rings (SSSR count). The van der Waals surface area contributed by atoms with E-state index < -0.39 is 12.1 Å². The molecule has 1 aromatic carbocycles. The number of benzene rings is 1. The molecule has 6 heteroatoms. The Hall–Kier alpha value is -1.40. The molecule has 1 heterocycles. The highest BCUT2D eigenvalue weighted by atomic mass is 35.5. The number of aliphatic hydroxyl groups excluding tert-OH is 1. The van der Waals surface area contributed by atoms with Gasteiger partial charge in [0.1, 0.15) is 4.88 Å². The highest BCUT2D eigenvalue weighted by molar-refractivity contribution is 7.13. The second-order valence-electron chi connectivity index (χ2n) is 7.80. The van der Waals surface area contributed by atoms with Gasteiger partial charge in [-0.15, -0.1) is 22.9 Å². The summed E-state index contributed by atoms with van der Waals surface area (Å²) in [7, 11) is 0. The van der Waals surface area contributed by atoms with Gasteiger partial charge in [0.2, 0.25) is 0 Å². The molecule has 0 aliphatic heterocycles. The first-order valence-corrected chi connectivity index (χ1v) is 11.5. The van der Waals surface area contributed by atoms with E-state index in [2.05, 4.69) is 31.2 Å². The van der Waals surface area contributed by atoms with Gasteiger partial charge in [0.05, 0.1) is 19.3 Å². The normalized spacial score (nSPS) is 23.3. The lowest BCUT2D eigenvalue weighted by Crippen LogP contribution is -2.26. The molecule has 1 fully saturated rings. The molecule has 2 aromatic rings. The summed E-state index contributed by atoms with van der Waals surface area (Å²) in [4.78, 5) is 12.5. The lowest BCUT2D eigenvalue weighted by molar-refractivity contribution is 0.0200. The van der Waals surface area contributed by atoms with Crippen LogP contribution in [0.4, 0.5) is 0 Å². The van der Waals surface area contributed by atoms with Crippen LogP contribution in [0.5, 0.6) is 0 Å². The Kier molecular flexibility index (Phi) is 9.82. The van der Waals surface area contributed by atoms with Crippen LogP contribution in [-0.4, -0.2) is 34.3 Å². The molecule has 0 amide bonds. The first kappa shape index (κ1) is 24.9. The summed E-state index contributed by atoms with van der Waals surface area (Å²) in [5, 5.41) is 19.5. The van der Waals surface area contributed by atoms with Crippen molar-refractivity contribution in [2.75, 3.05) is 6.61 Å². The molecular formula is C24H33ClO4S. The fourth-order valence-electron chi connectivity index (χ4n) is 4.15. The third-order valence-corrected chi connectivity index (χ3v) is 7.42. The van der Waals surface area contributed by atoms with Crippen molar-refractivity contribution >= 4 is 28.9 Å². The summed E-state index contributed by atoms with van der Waals surface area (Å²) in [6.45, 7) is 3.19. The number of aliphatic hydroxyl groups is 1. The molecule has 4 atom stereocenters. The first-order chi connectivity index (χ1) is 14.0. The number of aromatic carboxylic acids is 1. The number of carbonyl (C=O) groups is 1. The minimum atomic E-state index is -0.873. The van der Waals surface area contributed by atoms with E-state index in [0.717, 1.165) is 36.1 Å². The van der Waals surface area contributed by atoms with Gasteiger partial charge in [-0.2, -0.15) is 0 Å². The van der Waals surface area contributed by atoms with Crippen molar-refractivity contribution in [1.29, 1.82) is 0 Å². The molecule has 1 aliphatic carbocycles. The minimum absolute atomic E-state index is 0. The van der Waals surface area contributed by atoms with E-state index in [-0.39, 0.29) is 24.6 Å². The molecular weight excluding hydrogens is 420 g/mol. The number of carboxylic acid groups (broad SMARTS) is 1. The monoisotopic (exact) mass is 452 g/mol. The predicted molar refractivity (Wildman–Crippen MR) is 124 cm³/mol. The minimum Gasteiger partial charge on any atom is -0.477 e. The Labute approximate surface area is 188 Å². The molecule has 0 bridgehead atoms. The zero-order valence-corrected chi connectivity index (χ0v) is 18.3. The van der Waals surface area contributed by atoms with Crippen molar-refractivity contribution in [3.8, 4) is 0 Å². The third-order valence-electron chi connectivity index (χ3n) is 5.79. The van der Waals surface area contributed by atoms with Crippen LogP contribution in [0.15, 0.2) is 36.4 Å². The summed E-state index contributed by atoms with van der Waals surface area (Å²) >= 11 is 7.87. The number of ether oxygens (including phenoxy) is 1. The van der Waals surface area contributed by atoms with Gasteiger partial charge in [-0.1, -0.05) is 38.6 Å². The lowest BCUT2D eigenvalue weighted by Gasteiger charge is -2.23. The smallest absolute Gasteiger partial charge is 0.345 e. The van der Waals surface area contributed by atoms with Gasteiger partial charge in [-0.3, -0.25) is 0 Å². The van der Waals surface area contributed by atoms with Crippen molar-refractivity contribution in [1.82, 2.24) is 0 Å². The number of carboxylic acids is 1. The Balaban J connectivity index is 0.00000320. The fourth-order valence-corrected chi connectivity index (χ4v) is 5.54. The number of halogens is 1. The van der Waals surface area contributed by atoms with Gasteiger partial charge in [0, 0.05) is 16.2 Å². The average molecular weight is 453 g/mol. The Morgan fingerprint density at radius 1 is 1.23 bits per heavy atom. The number of thiophene rings is 1. The topological polar surface area (TPSA) is 66.8 Å². The van der Waals surface area contributed by atoms with Crippen molar-refractivity contribution in [3.05, 3.63) is 57.3 Å². The van der Waals surface area contributed by atoms with E-state index >= 15 is 0 Å². The van der Waals surface area contributed by atoms with Gasteiger partial charge in [-0.05, 0) is 61.3 Å². The SMILES string of the molecule is C.CCc1cccc(COC[C@@H]2[C@@H](CCCc3ccc(C(=O)O)s3)[C@H](Cl)C[C@H]2O)c1. The zero-order chi connectivity index (χ0) is 20.8. The highest BCUT2D eigenvalue weighted by Crippen LogP contribution is 2.39. The van der Waals surface area contributed by atoms with Gasteiger partial charge in [-0.25, -0.2) is 4.79 Å². The van der Waals surface area contributed by atoms with E-state index in [9.17, 15) is 9.90 Å². The maximum absolute atomic E-state index is 11.0. The van der Waals surface area contributed by atoms with Crippen LogP contribution in [0.3, 0.4) is 0 Å².